The van der Waals surface area contributed by atoms with Crippen molar-refractivity contribution >= 4 is 0 Å². The summed E-state index contributed by atoms with van der Waals surface area (Å²) in [7, 11) is 2.27. The molecule has 0 aromatic rings. The largest absolute Gasteiger partial charge is 0.380 e. The van der Waals surface area contributed by atoms with Crippen molar-refractivity contribution in [2.45, 2.75) is 57.5 Å². The highest BCUT2D eigenvalue weighted by Gasteiger charge is 2.28. The second-order valence-electron chi connectivity index (χ2n) is 6.06. The number of hydrogen-bond acceptors (Lipinski definition) is 3. The summed E-state index contributed by atoms with van der Waals surface area (Å²) >= 11 is 0. The molecule has 2 rings (SSSR count). The molecule has 2 unspecified atom stereocenters. The van der Waals surface area contributed by atoms with Crippen molar-refractivity contribution in [3.63, 3.8) is 0 Å². The van der Waals surface area contributed by atoms with Gasteiger partial charge < -0.3 is 10.1 Å². The van der Waals surface area contributed by atoms with Gasteiger partial charge in [-0.25, -0.2) is 0 Å². The van der Waals surface area contributed by atoms with E-state index < -0.39 is 0 Å². The molecule has 0 radical (unpaired) electrons. The minimum absolute atomic E-state index is 0.650. The lowest BCUT2D eigenvalue weighted by Gasteiger charge is -2.32. The fourth-order valence-corrected chi connectivity index (χ4v) is 3.40. The molecule has 18 heavy (non-hydrogen) atoms. The standard InChI is InChI=1S/C15H30N2O/c1-3-9-16-15(13-6-4-5-7-13)11-17(2)14-8-10-18-12-14/h13-16H,3-12H2,1-2H3. The minimum atomic E-state index is 0.650. The van der Waals surface area contributed by atoms with Gasteiger partial charge in [0.05, 0.1) is 6.61 Å². The van der Waals surface area contributed by atoms with Crippen LogP contribution in [0, 0.1) is 5.92 Å². The van der Waals surface area contributed by atoms with E-state index in [9.17, 15) is 0 Å². The second-order valence-corrected chi connectivity index (χ2v) is 6.06. The summed E-state index contributed by atoms with van der Waals surface area (Å²) < 4.78 is 5.50. The third-order valence-electron chi connectivity index (χ3n) is 4.64. The molecule has 106 valence electrons. The van der Waals surface area contributed by atoms with Gasteiger partial charge in [0.25, 0.3) is 0 Å². The predicted octanol–water partition coefficient (Wildman–Crippen LogP) is 2.27. The molecule has 3 nitrogen and oxygen atoms in total. The lowest BCUT2D eigenvalue weighted by molar-refractivity contribution is 0.145. The van der Waals surface area contributed by atoms with E-state index in [0.717, 1.165) is 25.7 Å². The van der Waals surface area contributed by atoms with E-state index in [-0.39, 0.29) is 0 Å². The summed E-state index contributed by atoms with van der Waals surface area (Å²) in [5.41, 5.74) is 0. The smallest absolute Gasteiger partial charge is 0.0622 e. The average Bonchev–Trinajstić information content (AvgIpc) is 3.04. The second kappa shape index (κ2) is 7.46. The lowest BCUT2D eigenvalue weighted by atomic mass is 9.97. The van der Waals surface area contributed by atoms with Crippen molar-refractivity contribution in [3.05, 3.63) is 0 Å². The van der Waals surface area contributed by atoms with Crippen molar-refractivity contribution in [2.75, 3.05) is 33.4 Å². The Morgan fingerprint density at radius 2 is 2.06 bits per heavy atom. The number of nitrogens with zero attached hydrogens (tertiary/aromatic N) is 1. The highest BCUT2D eigenvalue weighted by atomic mass is 16.5. The first-order valence-corrected chi connectivity index (χ1v) is 7.82. The zero-order chi connectivity index (χ0) is 12.8. The molecule has 2 fully saturated rings. The molecule has 1 saturated heterocycles. The van der Waals surface area contributed by atoms with Gasteiger partial charge in [0, 0.05) is 25.2 Å². The molecule has 2 aliphatic rings. The lowest BCUT2D eigenvalue weighted by Crippen LogP contribution is -2.47. The Kier molecular flexibility index (Phi) is 5.93. The summed E-state index contributed by atoms with van der Waals surface area (Å²) in [4.78, 5) is 2.53. The van der Waals surface area contributed by atoms with Crippen LogP contribution in [0.15, 0.2) is 0 Å². The van der Waals surface area contributed by atoms with Crippen LogP contribution in [0.5, 0.6) is 0 Å². The van der Waals surface area contributed by atoms with Crippen LogP contribution in [0.1, 0.15) is 45.4 Å². The monoisotopic (exact) mass is 254 g/mol. The van der Waals surface area contributed by atoms with Crippen molar-refractivity contribution < 1.29 is 4.74 Å². The van der Waals surface area contributed by atoms with E-state index in [4.69, 9.17) is 4.74 Å². The maximum absolute atomic E-state index is 5.50. The number of nitrogens with one attached hydrogen (secondary N) is 1. The van der Waals surface area contributed by atoms with Gasteiger partial charge >= 0.3 is 0 Å². The van der Waals surface area contributed by atoms with Crippen LogP contribution in [0.2, 0.25) is 0 Å². The Bertz CT molecular complexity index is 223. The fraction of sp³-hybridized carbons (Fsp3) is 1.00. The number of likely N-dealkylation sites (N-methyl/N-ethyl adjacent to an activating group) is 1. The topological polar surface area (TPSA) is 24.5 Å². The molecule has 0 aromatic heterocycles. The van der Waals surface area contributed by atoms with E-state index in [0.29, 0.717) is 12.1 Å². The molecule has 3 heteroatoms. The van der Waals surface area contributed by atoms with Gasteiger partial charge in [0.2, 0.25) is 0 Å². The summed E-state index contributed by atoms with van der Waals surface area (Å²) in [6.45, 7) is 6.50. The number of hydrogen-bond donors (Lipinski definition) is 1. The first-order valence-electron chi connectivity index (χ1n) is 7.82. The fourth-order valence-electron chi connectivity index (χ4n) is 3.40. The average molecular weight is 254 g/mol. The van der Waals surface area contributed by atoms with Crippen LogP contribution in [0.25, 0.3) is 0 Å². The predicted molar refractivity (Wildman–Crippen MR) is 75.9 cm³/mol. The van der Waals surface area contributed by atoms with E-state index in [1.807, 2.05) is 0 Å². The van der Waals surface area contributed by atoms with E-state index in [1.54, 1.807) is 0 Å². The molecular weight excluding hydrogens is 224 g/mol. The minimum Gasteiger partial charge on any atom is -0.380 e. The highest BCUT2D eigenvalue weighted by Crippen LogP contribution is 2.28. The first kappa shape index (κ1) is 14.3. The molecule has 0 amide bonds. The summed E-state index contributed by atoms with van der Waals surface area (Å²) in [5, 5.41) is 3.78. The van der Waals surface area contributed by atoms with E-state index >= 15 is 0 Å². The van der Waals surface area contributed by atoms with Crippen LogP contribution in [-0.4, -0.2) is 50.3 Å². The molecule has 1 heterocycles. The number of rotatable bonds is 7. The summed E-state index contributed by atoms with van der Waals surface area (Å²) in [6, 6.07) is 1.34. The van der Waals surface area contributed by atoms with Crippen molar-refractivity contribution in [3.8, 4) is 0 Å². The molecule has 1 aliphatic heterocycles. The van der Waals surface area contributed by atoms with Gasteiger partial charge in [-0.1, -0.05) is 19.8 Å². The third kappa shape index (κ3) is 3.94. The highest BCUT2D eigenvalue weighted by molar-refractivity contribution is 4.85. The van der Waals surface area contributed by atoms with Crippen molar-refractivity contribution in [1.29, 1.82) is 0 Å². The Hall–Kier alpha value is -0.120. The molecule has 0 aromatic carbocycles. The van der Waals surface area contributed by atoms with Crippen LogP contribution in [0.4, 0.5) is 0 Å². The number of ether oxygens (including phenoxy) is 1. The maximum atomic E-state index is 5.50. The Labute approximate surface area is 112 Å². The van der Waals surface area contributed by atoms with Crippen molar-refractivity contribution in [2.24, 2.45) is 5.92 Å². The van der Waals surface area contributed by atoms with Crippen molar-refractivity contribution in [1.82, 2.24) is 10.2 Å². The third-order valence-corrected chi connectivity index (χ3v) is 4.64. The molecule has 1 saturated carbocycles. The first-order chi connectivity index (χ1) is 8.81. The van der Waals surface area contributed by atoms with Gasteiger partial charge in [0.15, 0.2) is 0 Å². The van der Waals surface area contributed by atoms with Gasteiger partial charge in [-0.3, -0.25) is 4.90 Å². The SMILES string of the molecule is CCCNC(CN(C)C1CCOC1)C1CCCC1. The molecule has 1 N–H and O–H groups in total. The molecule has 2 atom stereocenters. The molecule has 0 spiro atoms. The Morgan fingerprint density at radius 1 is 1.28 bits per heavy atom. The summed E-state index contributed by atoms with van der Waals surface area (Å²) in [5.74, 6) is 0.904. The van der Waals surface area contributed by atoms with E-state index in [2.05, 4.69) is 24.2 Å². The zero-order valence-electron chi connectivity index (χ0n) is 12.2. The van der Waals surface area contributed by atoms with Crippen LogP contribution >= 0.6 is 0 Å². The summed E-state index contributed by atoms with van der Waals surface area (Å²) in [6.07, 6.45) is 8.17. The van der Waals surface area contributed by atoms with Gasteiger partial charge in [0.1, 0.15) is 0 Å². The van der Waals surface area contributed by atoms with Gasteiger partial charge in [-0.05, 0) is 45.2 Å². The molecule has 1 aliphatic carbocycles. The molecular formula is C15H30N2O. The quantitative estimate of drug-likeness (QED) is 0.754. The van der Waals surface area contributed by atoms with Crippen LogP contribution in [0.3, 0.4) is 0 Å². The maximum Gasteiger partial charge on any atom is 0.0622 e. The Balaban J connectivity index is 1.82. The molecule has 0 bridgehead atoms. The Morgan fingerprint density at radius 3 is 2.67 bits per heavy atom. The van der Waals surface area contributed by atoms with Gasteiger partial charge in [-0.15, -0.1) is 0 Å². The van der Waals surface area contributed by atoms with Crippen LogP contribution < -0.4 is 5.32 Å². The zero-order valence-corrected chi connectivity index (χ0v) is 12.2. The normalized spacial score (nSPS) is 27.2. The van der Waals surface area contributed by atoms with Gasteiger partial charge in [-0.2, -0.15) is 0 Å². The van der Waals surface area contributed by atoms with E-state index in [1.165, 1.54) is 45.1 Å². The van der Waals surface area contributed by atoms with Crippen LogP contribution in [-0.2, 0) is 4.74 Å².